The van der Waals surface area contributed by atoms with Gasteiger partial charge in [-0.25, -0.2) is 23.3 Å². The average Bonchev–Trinajstić information content (AvgIpc) is 3.68. The molecule has 1 amide bonds. The molecule has 1 atom stereocenters. The number of ether oxygens (including phenoxy) is 1. The van der Waals surface area contributed by atoms with Crippen molar-refractivity contribution in [1.29, 1.82) is 0 Å². The van der Waals surface area contributed by atoms with E-state index in [1.807, 2.05) is 0 Å². The van der Waals surface area contributed by atoms with Crippen LogP contribution >= 0.6 is 7.82 Å². The van der Waals surface area contributed by atoms with Gasteiger partial charge in [-0.3, -0.25) is 14.0 Å². The summed E-state index contributed by atoms with van der Waals surface area (Å²) >= 11 is 0. The highest BCUT2D eigenvalue weighted by Crippen LogP contribution is 2.40. The van der Waals surface area contributed by atoms with Crippen molar-refractivity contribution in [2.75, 3.05) is 19.8 Å². The summed E-state index contributed by atoms with van der Waals surface area (Å²) in [6.45, 7) is 1.46. The van der Waals surface area contributed by atoms with Crippen molar-refractivity contribution < 1.29 is 54.9 Å². The molecule has 1 aromatic heterocycles. The lowest BCUT2D eigenvalue weighted by Gasteiger charge is -2.17. The van der Waals surface area contributed by atoms with Crippen molar-refractivity contribution >= 4 is 13.7 Å². The van der Waals surface area contributed by atoms with E-state index in [-0.39, 0.29) is 65.1 Å². The summed E-state index contributed by atoms with van der Waals surface area (Å²) in [7, 11) is -4.74. The van der Waals surface area contributed by atoms with Gasteiger partial charge in [-0.05, 0) is 43.2 Å². The van der Waals surface area contributed by atoms with E-state index in [1.165, 1.54) is 30.6 Å². The Morgan fingerprint density at radius 3 is 2.56 bits per heavy atom. The summed E-state index contributed by atoms with van der Waals surface area (Å²) in [6.07, 6.45) is -1.82. The van der Waals surface area contributed by atoms with Crippen molar-refractivity contribution in [3.63, 3.8) is 0 Å². The van der Waals surface area contributed by atoms with Gasteiger partial charge in [0.25, 0.3) is 5.91 Å². The van der Waals surface area contributed by atoms with Crippen molar-refractivity contribution in [2.45, 2.75) is 32.0 Å². The van der Waals surface area contributed by atoms with E-state index in [4.69, 9.17) is 19.0 Å². The minimum Gasteiger partial charge on any atom is -0.494 e. The summed E-state index contributed by atoms with van der Waals surface area (Å²) in [6, 6.07) is 6.43. The van der Waals surface area contributed by atoms with E-state index in [0.29, 0.717) is 6.42 Å². The second kappa shape index (κ2) is 14.1. The molecule has 0 aliphatic carbocycles. The van der Waals surface area contributed by atoms with Crippen LogP contribution in [0, 0.1) is 11.6 Å². The van der Waals surface area contributed by atoms with Crippen LogP contribution in [0.3, 0.4) is 0 Å². The Morgan fingerprint density at radius 1 is 1.06 bits per heavy atom. The van der Waals surface area contributed by atoms with E-state index in [9.17, 15) is 31.3 Å². The number of carbonyl (C=O) groups excluding carboxylic acids is 1. The van der Waals surface area contributed by atoms with E-state index >= 15 is 0 Å². The fourth-order valence-corrected chi connectivity index (χ4v) is 4.92. The first-order valence-electron chi connectivity index (χ1n) is 14.2. The lowest BCUT2D eigenvalue weighted by Crippen LogP contribution is -2.35. The van der Waals surface area contributed by atoms with Crippen LogP contribution in [-0.4, -0.2) is 60.4 Å². The van der Waals surface area contributed by atoms with Gasteiger partial charge in [0.1, 0.15) is 22.8 Å². The zero-order valence-electron chi connectivity index (χ0n) is 24.8. The topological polar surface area (TPSA) is 175 Å². The van der Waals surface area contributed by atoms with Crippen LogP contribution in [0.25, 0.3) is 34.0 Å². The minimum atomic E-state index is -4.80. The Bertz CT molecular complexity index is 1930. The van der Waals surface area contributed by atoms with Crippen LogP contribution in [0.15, 0.2) is 59.4 Å². The summed E-state index contributed by atoms with van der Waals surface area (Å²) in [5.41, 5.74) is -1.65. The van der Waals surface area contributed by atoms with Crippen LogP contribution in [0.1, 0.15) is 37.1 Å². The number of rotatable bonds is 13. The van der Waals surface area contributed by atoms with Crippen LogP contribution in [0.4, 0.5) is 22.0 Å². The molecule has 2 aliphatic rings. The molecule has 3 N–H and O–H groups in total. The highest BCUT2D eigenvalue weighted by molar-refractivity contribution is 7.46. The quantitative estimate of drug-likeness (QED) is 0.0818. The number of nitrogens with one attached hydrogen (secondary N) is 1. The summed E-state index contributed by atoms with van der Waals surface area (Å²) in [5, 5.41) is 10.5. The number of imidazole rings is 1. The number of halogens is 5. The second-order valence-electron chi connectivity index (χ2n) is 10.2. The Morgan fingerprint density at radius 2 is 1.83 bits per heavy atom. The van der Waals surface area contributed by atoms with Crippen molar-refractivity contribution in [3.05, 3.63) is 77.8 Å². The smallest absolute Gasteiger partial charge is 0.469 e. The Labute approximate surface area is 268 Å². The number of aromatic nitrogens is 5. The van der Waals surface area contributed by atoms with Gasteiger partial charge in [0.05, 0.1) is 36.7 Å². The second-order valence-corrected chi connectivity index (χ2v) is 11.5. The molecule has 0 bridgehead atoms. The molecule has 2 aliphatic heterocycles. The molecule has 254 valence electrons. The fraction of sp³-hybridized carbons (Fsp3) is 0.276. The summed E-state index contributed by atoms with van der Waals surface area (Å²) in [4.78, 5) is 39.6. The van der Waals surface area contributed by atoms with Crippen LogP contribution in [0.5, 0.6) is 5.75 Å². The predicted octanol–water partition coefficient (Wildman–Crippen LogP) is 5.39. The third kappa shape index (κ3) is 8.02. The number of phosphoric acid groups is 1. The van der Waals surface area contributed by atoms with Gasteiger partial charge >= 0.3 is 14.0 Å². The molecular weight excluding hydrogens is 670 g/mol. The molecule has 3 heterocycles. The van der Waals surface area contributed by atoms with Gasteiger partial charge in [0.2, 0.25) is 0 Å². The number of phosphoric ester groups is 1. The third-order valence-corrected chi connectivity index (χ3v) is 7.23. The number of fused-ring (bicyclic) bond motifs is 1. The standard InChI is InChI=1S/C29H26F5N6O7P/c1-2-10-45-16-7-8-17(19(12-16)29(32,33)34)21-13-24(47-39-21)26(28(41)35-9-4-11-46-48(42,43)44)40-15-23-22(14-36-40)37-27(38-23)18-5-3-6-20(30)25(18)31/h3,5-8,12-15,26H,2,4,9-11H2,1H3,(H,35,41)(H2,42,43,44). The largest absolute Gasteiger partial charge is 0.494 e. The molecule has 13 nitrogen and oxygen atoms in total. The zero-order chi connectivity index (χ0) is 34.6. The molecule has 0 radical (unpaired) electrons. The number of nitrogens with zero attached hydrogens (tertiary/aromatic N) is 5. The molecular formula is C29H26F5N6O7P. The zero-order valence-corrected chi connectivity index (χ0v) is 25.7. The number of carbonyl (C=O) groups is 1. The third-order valence-electron chi connectivity index (χ3n) is 6.71. The predicted molar refractivity (Wildman–Crippen MR) is 156 cm³/mol. The highest BCUT2D eigenvalue weighted by Gasteiger charge is 2.36. The van der Waals surface area contributed by atoms with Gasteiger partial charge in [-0.2, -0.15) is 18.3 Å². The normalized spacial score (nSPS) is 12.8. The van der Waals surface area contributed by atoms with Gasteiger partial charge in [-0.1, -0.05) is 18.1 Å². The van der Waals surface area contributed by atoms with Crippen LogP contribution in [0.2, 0.25) is 0 Å². The Kier molecular flexibility index (Phi) is 10.2. The summed E-state index contributed by atoms with van der Waals surface area (Å²) in [5.74, 6) is -3.51. The first-order chi connectivity index (χ1) is 22.7. The first-order valence-corrected chi connectivity index (χ1v) is 15.7. The number of benzene rings is 2. The maximum atomic E-state index is 14.4. The first kappa shape index (κ1) is 34.6. The minimum absolute atomic E-state index is 0.00187. The molecule has 48 heavy (non-hydrogen) atoms. The van der Waals surface area contributed by atoms with Crippen LogP contribution < -0.4 is 10.1 Å². The molecule has 1 unspecified atom stereocenters. The van der Waals surface area contributed by atoms with Crippen molar-refractivity contribution in [2.24, 2.45) is 0 Å². The van der Waals surface area contributed by atoms with E-state index in [2.05, 4.69) is 30.1 Å². The molecule has 0 spiro atoms. The lowest BCUT2D eigenvalue weighted by molar-refractivity contribution is -0.137. The summed E-state index contributed by atoms with van der Waals surface area (Å²) < 4.78 is 97.6. The van der Waals surface area contributed by atoms with E-state index < -0.39 is 49.8 Å². The van der Waals surface area contributed by atoms with E-state index in [0.717, 1.165) is 28.9 Å². The number of alkyl halides is 3. The SMILES string of the molecule is CCCOc1ccc(-c2cc(C(C(=O)NCCCOP(=O)(O)O)n3cc4nc(-c5cccc(F)c5F)nc-4cn3)on2)c(C(F)(F)F)c1. The maximum Gasteiger partial charge on any atom is 0.469 e. The molecule has 5 rings (SSSR count). The van der Waals surface area contributed by atoms with Crippen molar-refractivity contribution in [1.82, 2.24) is 30.2 Å². The lowest BCUT2D eigenvalue weighted by atomic mass is 10.0. The number of hydrogen-bond acceptors (Lipinski definition) is 9. The fourth-order valence-electron chi connectivity index (χ4n) is 4.56. The molecule has 0 saturated carbocycles. The van der Waals surface area contributed by atoms with Gasteiger partial charge in [0, 0.05) is 18.2 Å². The number of hydrogen-bond donors (Lipinski definition) is 3. The van der Waals surface area contributed by atoms with Gasteiger partial charge in [-0.15, -0.1) is 0 Å². The average molecular weight is 697 g/mol. The number of amides is 1. The Balaban J connectivity index is 1.51. The highest BCUT2D eigenvalue weighted by atomic mass is 31.2. The molecule has 3 aromatic rings. The molecule has 19 heteroatoms. The monoisotopic (exact) mass is 696 g/mol. The Hall–Kier alpha value is -4.77. The van der Waals surface area contributed by atoms with E-state index in [1.54, 1.807) is 6.92 Å². The van der Waals surface area contributed by atoms with Gasteiger partial charge < -0.3 is 24.4 Å². The molecule has 0 saturated heterocycles. The maximum absolute atomic E-state index is 14.4. The van der Waals surface area contributed by atoms with Gasteiger partial charge in [0.15, 0.2) is 29.3 Å². The van der Waals surface area contributed by atoms with Crippen LogP contribution in [-0.2, 0) is 20.1 Å². The van der Waals surface area contributed by atoms with Crippen molar-refractivity contribution in [3.8, 4) is 39.8 Å². The molecule has 0 fully saturated rings. The molecule has 2 aromatic carbocycles.